The number of anilines is 2. The molecular weight excluding hydrogens is 496 g/mol. The minimum absolute atomic E-state index is 0.113. The van der Waals surface area contributed by atoms with Gasteiger partial charge in [0.05, 0.1) is 17.9 Å². The standard InChI is InChI=1S/C24H26N8O4S/c1-4-7-32-14(3)9-18(29-32)27-21(34)15-11-30(12-15)23-26-10-16-19(33)17(22(35)36-5-2)13-31(20(16)28-23)24-25-6-8-37-24/h6,8-10,13,15H,4-5,7,11-12H2,1-3H3,(H,27,29,34). The van der Waals surface area contributed by atoms with Crippen molar-refractivity contribution in [3.63, 3.8) is 0 Å². The molecule has 5 heterocycles. The topological polar surface area (TPSA) is 137 Å². The summed E-state index contributed by atoms with van der Waals surface area (Å²) in [5.41, 5.74) is 0.696. The zero-order valence-corrected chi connectivity index (χ0v) is 21.5. The maximum Gasteiger partial charge on any atom is 0.343 e. The van der Waals surface area contributed by atoms with E-state index in [-0.39, 0.29) is 29.4 Å². The molecule has 0 saturated carbocycles. The van der Waals surface area contributed by atoms with Gasteiger partial charge in [-0.1, -0.05) is 6.92 Å². The highest BCUT2D eigenvalue weighted by atomic mass is 32.1. The van der Waals surface area contributed by atoms with Crippen molar-refractivity contribution in [3.05, 3.63) is 51.5 Å². The van der Waals surface area contributed by atoms with E-state index >= 15 is 0 Å². The number of aromatic nitrogens is 6. The van der Waals surface area contributed by atoms with Gasteiger partial charge in [-0.2, -0.15) is 10.1 Å². The van der Waals surface area contributed by atoms with E-state index < -0.39 is 11.4 Å². The quantitative estimate of drug-likeness (QED) is 0.346. The van der Waals surface area contributed by atoms with Gasteiger partial charge in [0.25, 0.3) is 0 Å². The first-order valence-corrected chi connectivity index (χ1v) is 12.9. The van der Waals surface area contributed by atoms with Crippen LogP contribution >= 0.6 is 11.3 Å². The van der Waals surface area contributed by atoms with Gasteiger partial charge in [0.2, 0.25) is 17.3 Å². The van der Waals surface area contributed by atoms with Gasteiger partial charge in [-0.25, -0.2) is 14.8 Å². The van der Waals surface area contributed by atoms with E-state index in [4.69, 9.17) is 4.74 Å². The average molecular weight is 523 g/mol. The largest absolute Gasteiger partial charge is 0.462 e. The number of carbonyl (C=O) groups excluding carboxylic acids is 2. The highest BCUT2D eigenvalue weighted by Crippen LogP contribution is 2.25. The summed E-state index contributed by atoms with van der Waals surface area (Å²) < 4.78 is 8.52. The maximum atomic E-state index is 13.0. The molecule has 1 aliphatic heterocycles. The highest BCUT2D eigenvalue weighted by Gasteiger charge is 2.35. The van der Waals surface area contributed by atoms with Crippen LogP contribution in [0.15, 0.2) is 34.8 Å². The Labute approximate surface area is 215 Å². The Morgan fingerprint density at radius 3 is 2.76 bits per heavy atom. The molecule has 0 radical (unpaired) electrons. The summed E-state index contributed by atoms with van der Waals surface area (Å²) in [6, 6.07) is 1.86. The van der Waals surface area contributed by atoms with Gasteiger partial charge in [-0.15, -0.1) is 11.3 Å². The van der Waals surface area contributed by atoms with Crippen LogP contribution in [0.1, 0.15) is 36.3 Å². The number of esters is 1. The van der Waals surface area contributed by atoms with Crippen LogP contribution in [-0.4, -0.2) is 60.9 Å². The third-order valence-corrected chi connectivity index (χ3v) is 6.83. The molecule has 0 aliphatic carbocycles. The smallest absolute Gasteiger partial charge is 0.343 e. The molecule has 5 rings (SSSR count). The number of ether oxygens (including phenoxy) is 1. The van der Waals surface area contributed by atoms with Gasteiger partial charge in [0, 0.05) is 55.4 Å². The fourth-order valence-electron chi connectivity index (χ4n) is 4.13. The second-order valence-corrected chi connectivity index (χ2v) is 9.54. The minimum atomic E-state index is -0.713. The average Bonchev–Trinajstić information content (AvgIpc) is 3.49. The lowest BCUT2D eigenvalue weighted by Crippen LogP contribution is -2.52. The van der Waals surface area contributed by atoms with E-state index in [1.54, 1.807) is 23.1 Å². The molecule has 1 N–H and O–H groups in total. The maximum absolute atomic E-state index is 13.0. The molecule has 13 heteroatoms. The van der Waals surface area contributed by atoms with Crippen molar-refractivity contribution < 1.29 is 14.3 Å². The number of pyridine rings is 1. The zero-order valence-electron chi connectivity index (χ0n) is 20.7. The van der Waals surface area contributed by atoms with E-state index in [1.807, 2.05) is 22.6 Å². The number of nitrogens with zero attached hydrogens (tertiary/aromatic N) is 7. The first-order valence-electron chi connectivity index (χ1n) is 12.0. The van der Waals surface area contributed by atoms with Crippen molar-refractivity contribution in [2.24, 2.45) is 5.92 Å². The molecule has 1 amide bonds. The summed E-state index contributed by atoms with van der Waals surface area (Å²) in [7, 11) is 0. The second kappa shape index (κ2) is 10.1. The molecule has 4 aromatic rings. The van der Waals surface area contributed by atoms with E-state index in [0.29, 0.717) is 35.6 Å². The predicted molar refractivity (Wildman–Crippen MR) is 138 cm³/mol. The molecular formula is C24H26N8O4S. The summed E-state index contributed by atoms with van der Waals surface area (Å²) in [6.45, 7) is 7.50. The molecule has 1 aliphatic rings. The monoisotopic (exact) mass is 522 g/mol. The van der Waals surface area contributed by atoms with Crippen molar-refractivity contribution in [1.29, 1.82) is 0 Å². The van der Waals surface area contributed by atoms with Crippen molar-refractivity contribution in [3.8, 4) is 5.13 Å². The number of fused-ring (bicyclic) bond motifs is 1. The Morgan fingerprint density at radius 2 is 2.05 bits per heavy atom. The fourth-order valence-corrected chi connectivity index (χ4v) is 4.75. The van der Waals surface area contributed by atoms with Crippen LogP contribution in [0.25, 0.3) is 16.2 Å². The summed E-state index contributed by atoms with van der Waals surface area (Å²) in [4.78, 5) is 53.3. The Bertz CT molecular complexity index is 1520. The van der Waals surface area contributed by atoms with E-state index in [1.165, 1.54) is 23.7 Å². The number of aryl methyl sites for hydroxylation is 2. The second-order valence-electron chi connectivity index (χ2n) is 8.67. The third-order valence-electron chi connectivity index (χ3n) is 6.06. The number of amides is 1. The van der Waals surface area contributed by atoms with Gasteiger partial charge in [-0.3, -0.25) is 18.8 Å². The van der Waals surface area contributed by atoms with Crippen molar-refractivity contribution in [2.75, 3.05) is 29.9 Å². The number of hydrogen-bond donors (Lipinski definition) is 1. The first-order chi connectivity index (χ1) is 17.9. The molecule has 1 fully saturated rings. The Hall–Kier alpha value is -4.13. The molecule has 192 valence electrons. The Kier molecular flexibility index (Phi) is 6.70. The molecule has 37 heavy (non-hydrogen) atoms. The van der Waals surface area contributed by atoms with Gasteiger partial charge in [0.15, 0.2) is 16.6 Å². The van der Waals surface area contributed by atoms with Crippen LogP contribution in [0.4, 0.5) is 11.8 Å². The number of hydrogen-bond acceptors (Lipinski definition) is 10. The lowest BCUT2D eigenvalue weighted by atomic mass is 10.00. The van der Waals surface area contributed by atoms with Crippen LogP contribution < -0.4 is 15.6 Å². The molecule has 12 nitrogen and oxygen atoms in total. The van der Waals surface area contributed by atoms with E-state index in [9.17, 15) is 14.4 Å². The normalized spacial score (nSPS) is 13.5. The number of nitrogens with one attached hydrogen (secondary N) is 1. The van der Waals surface area contributed by atoms with Crippen LogP contribution in [0.5, 0.6) is 0 Å². The minimum Gasteiger partial charge on any atom is -0.462 e. The van der Waals surface area contributed by atoms with Gasteiger partial charge < -0.3 is 15.0 Å². The number of rotatable bonds is 8. The first kappa shape index (κ1) is 24.6. The Balaban J connectivity index is 1.38. The predicted octanol–water partition coefficient (Wildman–Crippen LogP) is 2.40. The van der Waals surface area contributed by atoms with Crippen molar-refractivity contribution in [1.82, 2.24) is 29.3 Å². The van der Waals surface area contributed by atoms with Crippen molar-refractivity contribution >= 4 is 46.0 Å². The lowest BCUT2D eigenvalue weighted by molar-refractivity contribution is -0.120. The zero-order chi connectivity index (χ0) is 26.1. The highest BCUT2D eigenvalue weighted by molar-refractivity contribution is 7.12. The fraction of sp³-hybridized carbons (Fsp3) is 0.375. The molecule has 0 aromatic carbocycles. The van der Waals surface area contributed by atoms with Gasteiger partial charge in [-0.05, 0) is 20.3 Å². The summed E-state index contributed by atoms with van der Waals surface area (Å²) in [5.74, 6) is -0.148. The molecule has 4 aromatic heterocycles. The van der Waals surface area contributed by atoms with Crippen LogP contribution in [-0.2, 0) is 16.1 Å². The van der Waals surface area contributed by atoms with Crippen LogP contribution in [0, 0.1) is 12.8 Å². The lowest BCUT2D eigenvalue weighted by Gasteiger charge is -2.38. The number of thiazole rings is 1. The molecule has 0 bridgehead atoms. The van der Waals surface area contributed by atoms with E-state index in [2.05, 4.69) is 32.3 Å². The van der Waals surface area contributed by atoms with Crippen LogP contribution in [0.3, 0.4) is 0 Å². The van der Waals surface area contributed by atoms with Gasteiger partial charge >= 0.3 is 5.97 Å². The van der Waals surface area contributed by atoms with Gasteiger partial charge in [0.1, 0.15) is 5.56 Å². The van der Waals surface area contributed by atoms with Crippen molar-refractivity contribution in [2.45, 2.75) is 33.7 Å². The number of carbonyl (C=O) groups is 2. The van der Waals surface area contributed by atoms with Crippen LogP contribution in [0.2, 0.25) is 0 Å². The summed E-state index contributed by atoms with van der Waals surface area (Å²) >= 11 is 1.34. The Morgan fingerprint density at radius 1 is 1.24 bits per heavy atom. The molecule has 0 atom stereocenters. The van der Waals surface area contributed by atoms with E-state index in [0.717, 1.165) is 18.7 Å². The molecule has 1 saturated heterocycles. The third kappa shape index (κ3) is 4.69. The SMILES string of the molecule is CCCn1nc(NC(=O)C2CN(c3ncc4c(=O)c(C(=O)OCC)cn(-c5nccs5)c4n3)C2)cc1C. The molecule has 0 unspecified atom stereocenters. The summed E-state index contributed by atoms with van der Waals surface area (Å²) in [6.07, 6.45) is 5.40. The summed E-state index contributed by atoms with van der Waals surface area (Å²) in [5, 5.41) is 9.84. The molecule has 0 spiro atoms.